The smallest absolute Gasteiger partial charge is 0.325 e. The van der Waals surface area contributed by atoms with Gasteiger partial charge in [0.25, 0.3) is 11.8 Å². The fraction of sp³-hybridized carbons (Fsp3) is 0.200. The summed E-state index contributed by atoms with van der Waals surface area (Å²) >= 11 is 1.59. The lowest BCUT2D eigenvalue weighted by Gasteiger charge is -2.27. The van der Waals surface area contributed by atoms with Crippen molar-refractivity contribution in [2.24, 2.45) is 0 Å². The van der Waals surface area contributed by atoms with Crippen LogP contribution in [0.25, 0.3) is 20.7 Å². The van der Waals surface area contributed by atoms with E-state index in [0.29, 0.717) is 30.3 Å². The molecule has 4 heterocycles. The van der Waals surface area contributed by atoms with Gasteiger partial charge >= 0.3 is 6.03 Å². The average molecular weight is 502 g/mol. The van der Waals surface area contributed by atoms with E-state index < -0.39 is 11.6 Å². The standard InChI is InChI=1S/C25H23N7O3S/c1-25(2)22(34)31-24(35)32(25)12-11-28-23-27-10-7-18(30-23)20-14-16-13-17(3-4-19(16)36-20)29-21(33)15-5-8-26-9-6-15/h3-10,13-14H,11-12H2,1-2H3,(H,29,33)(H,27,28,30)(H,31,34,35). The first-order chi connectivity index (χ1) is 17.3. The molecule has 182 valence electrons. The molecule has 0 atom stereocenters. The third-order valence-corrected chi connectivity index (χ3v) is 7.08. The molecule has 1 aliphatic rings. The van der Waals surface area contributed by atoms with Crippen LogP contribution in [0.4, 0.5) is 16.4 Å². The Morgan fingerprint density at radius 1 is 1.08 bits per heavy atom. The molecular formula is C25H23N7O3S. The lowest BCUT2D eigenvalue weighted by molar-refractivity contribution is -0.125. The van der Waals surface area contributed by atoms with Crippen LogP contribution in [0, 0.1) is 0 Å². The first-order valence-corrected chi connectivity index (χ1v) is 12.1. The molecule has 1 aliphatic heterocycles. The van der Waals surface area contributed by atoms with Gasteiger partial charge in [-0.3, -0.25) is 19.9 Å². The number of carbonyl (C=O) groups is 3. The first kappa shape index (κ1) is 23.4. The predicted molar refractivity (Wildman–Crippen MR) is 138 cm³/mol. The molecule has 0 saturated carbocycles. The first-order valence-electron chi connectivity index (χ1n) is 11.3. The van der Waals surface area contributed by atoms with Crippen LogP contribution >= 0.6 is 11.3 Å². The van der Waals surface area contributed by atoms with Gasteiger partial charge in [0.15, 0.2) is 0 Å². The Kier molecular flexibility index (Phi) is 6.06. The number of carbonyl (C=O) groups excluding carboxylic acids is 3. The van der Waals surface area contributed by atoms with Gasteiger partial charge in [-0.25, -0.2) is 14.8 Å². The van der Waals surface area contributed by atoms with E-state index in [1.165, 1.54) is 4.90 Å². The number of benzene rings is 1. The van der Waals surface area contributed by atoms with Crippen LogP contribution in [0.1, 0.15) is 24.2 Å². The predicted octanol–water partition coefficient (Wildman–Crippen LogP) is 3.75. The third-order valence-electron chi connectivity index (χ3n) is 5.94. The highest BCUT2D eigenvalue weighted by atomic mass is 32.1. The molecule has 0 aliphatic carbocycles. The Bertz CT molecular complexity index is 1470. The van der Waals surface area contributed by atoms with Crippen molar-refractivity contribution in [3.8, 4) is 10.6 Å². The number of nitrogens with zero attached hydrogens (tertiary/aromatic N) is 4. The monoisotopic (exact) mass is 501 g/mol. The van der Waals surface area contributed by atoms with Crippen molar-refractivity contribution >= 4 is 50.9 Å². The van der Waals surface area contributed by atoms with Crippen LogP contribution in [0.15, 0.2) is 61.1 Å². The molecule has 5 rings (SSSR count). The summed E-state index contributed by atoms with van der Waals surface area (Å²) in [4.78, 5) is 51.7. The normalized spacial score (nSPS) is 14.7. The number of urea groups is 1. The molecule has 10 nitrogen and oxygen atoms in total. The average Bonchev–Trinajstić information content (AvgIpc) is 3.38. The molecular weight excluding hydrogens is 478 g/mol. The number of hydrogen-bond donors (Lipinski definition) is 3. The third kappa shape index (κ3) is 4.60. The van der Waals surface area contributed by atoms with Gasteiger partial charge in [0.05, 0.1) is 10.6 Å². The molecule has 1 saturated heterocycles. The van der Waals surface area contributed by atoms with Gasteiger partial charge in [-0.15, -0.1) is 11.3 Å². The minimum absolute atomic E-state index is 0.196. The Hall–Kier alpha value is -4.38. The minimum Gasteiger partial charge on any atom is -0.352 e. The summed E-state index contributed by atoms with van der Waals surface area (Å²) in [5.74, 6) is -0.0764. The topological polar surface area (TPSA) is 129 Å². The van der Waals surface area contributed by atoms with Crippen LogP contribution < -0.4 is 16.0 Å². The van der Waals surface area contributed by atoms with Crippen molar-refractivity contribution < 1.29 is 14.4 Å². The zero-order chi connectivity index (χ0) is 25.3. The van der Waals surface area contributed by atoms with Gasteiger partial charge in [0.2, 0.25) is 5.95 Å². The Morgan fingerprint density at radius 2 is 1.89 bits per heavy atom. The molecule has 36 heavy (non-hydrogen) atoms. The highest BCUT2D eigenvalue weighted by Gasteiger charge is 2.45. The van der Waals surface area contributed by atoms with Crippen molar-refractivity contribution in [2.75, 3.05) is 23.7 Å². The van der Waals surface area contributed by atoms with E-state index in [1.54, 1.807) is 55.9 Å². The maximum atomic E-state index is 12.5. The van der Waals surface area contributed by atoms with Crippen molar-refractivity contribution in [3.05, 3.63) is 66.6 Å². The van der Waals surface area contributed by atoms with Gasteiger partial charge in [-0.05, 0) is 61.7 Å². The Balaban J connectivity index is 1.27. The molecule has 3 N–H and O–H groups in total. The molecule has 4 aromatic rings. The lowest BCUT2D eigenvalue weighted by Crippen LogP contribution is -2.46. The van der Waals surface area contributed by atoms with Crippen molar-refractivity contribution in [3.63, 3.8) is 0 Å². The van der Waals surface area contributed by atoms with E-state index >= 15 is 0 Å². The molecule has 0 bridgehead atoms. The summed E-state index contributed by atoms with van der Waals surface area (Å²) in [7, 11) is 0. The van der Waals surface area contributed by atoms with Gasteiger partial charge in [-0.1, -0.05) is 0 Å². The number of pyridine rings is 1. The van der Waals surface area contributed by atoms with E-state index in [-0.39, 0.29) is 11.8 Å². The number of thiophene rings is 1. The fourth-order valence-electron chi connectivity index (χ4n) is 3.89. The molecule has 3 aromatic heterocycles. The number of amides is 4. The van der Waals surface area contributed by atoms with Gasteiger partial charge in [0, 0.05) is 47.6 Å². The second-order valence-electron chi connectivity index (χ2n) is 8.72. The van der Waals surface area contributed by atoms with Crippen LogP contribution in [0.3, 0.4) is 0 Å². The SMILES string of the molecule is CC1(C)C(=O)NC(=O)N1CCNc1nccc(-c2cc3cc(NC(=O)c4ccncc4)ccc3s2)n1. The zero-order valence-electron chi connectivity index (χ0n) is 19.6. The lowest BCUT2D eigenvalue weighted by atomic mass is 10.0. The number of fused-ring (bicyclic) bond motifs is 1. The second kappa shape index (κ2) is 9.34. The summed E-state index contributed by atoms with van der Waals surface area (Å²) in [5.41, 5.74) is 1.10. The zero-order valence-corrected chi connectivity index (χ0v) is 20.4. The van der Waals surface area contributed by atoms with Crippen LogP contribution in [0.5, 0.6) is 0 Å². The number of hydrogen-bond acceptors (Lipinski definition) is 8. The number of anilines is 2. The van der Waals surface area contributed by atoms with E-state index in [1.807, 2.05) is 30.3 Å². The maximum Gasteiger partial charge on any atom is 0.325 e. The van der Waals surface area contributed by atoms with Crippen LogP contribution in [-0.4, -0.2) is 56.3 Å². The molecule has 1 aromatic carbocycles. The van der Waals surface area contributed by atoms with Crippen LogP contribution in [0.2, 0.25) is 0 Å². The summed E-state index contributed by atoms with van der Waals surface area (Å²) in [6, 6.07) is 12.6. The summed E-state index contributed by atoms with van der Waals surface area (Å²) < 4.78 is 1.06. The van der Waals surface area contributed by atoms with E-state index in [4.69, 9.17) is 0 Å². The quantitative estimate of drug-likeness (QED) is 0.329. The van der Waals surface area contributed by atoms with Crippen LogP contribution in [-0.2, 0) is 4.79 Å². The number of rotatable bonds is 7. The number of aromatic nitrogens is 3. The number of nitrogens with one attached hydrogen (secondary N) is 3. The van der Waals surface area contributed by atoms with Crippen molar-refractivity contribution in [1.29, 1.82) is 0 Å². The van der Waals surface area contributed by atoms with Crippen molar-refractivity contribution in [2.45, 2.75) is 19.4 Å². The largest absolute Gasteiger partial charge is 0.352 e. The molecule has 0 unspecified atom stereocenters. The number of imide groups is 1. The van der Waals surface area contributed by atoms with Crippen molar-refractivity contribution in [1.82, 2.24) is 25.2 Å². The molecule has 0 spiro atoms. The van der Waals surface area contributed by atoms with Gasteiger partial charge < -0.3 is 15.5 Å². The van der Waals surface area contributed by atoms with E-state index in [9.17, 15) is 14.4 Å². The molecule has 11 heteroatoms. The minimum atomic E-state index is -0.894. The summed E-state index contributed by atoms with van der Waals surface area (Å²) in [6.45, 7) is 4.14. The molecule has 1 fully saturated rings. The highest BCUT2D eigenvalue weighted by molar-refractivity contribution is 7.22. The Labute approximate surface area is 210 Å². The molecule has 4 amide bonds. The fourth-order valence-corrected chi connectivity index (χ4v) is 4.90. The summed E-state index contributed by atoms with van der Waals surface area (Å²) in [6.07, 6.45) is 4.84. The van der Waals surface area contributed by atoms with E-state index in [0.717, 1.165) is 20.7 Å². The second-order valence-corrected chi connectivity index (χ2v) is 9.80. The van der Waals surface area contributed by atoms with E-state index in [2.05, 4.69) is 30.9 Å². The molecule has 0 radical (unpaired) electrons. The summed E-state index contributed by atoms with van der Waals surface area (Å²) in [5, 5.41) is 9.37. The maximum absolute atomic E-state index is 12.5. The highest BCUT2D eigenvalue weighted by Crippen LogP contribution is 2.34. The van der Waals surface area contributed by atoms with Gasteiger partial charge in [-0.2, -0.15) is 0 Å². The Morgan fingerprint density at radius 3 is 2.64 bits per heavy atom. The van der Waals surface area contributed by atoms with Gasteiger partial charge in [0.1, 0.15) is 5.54 Å².